The van der Waals surface area contributed by atoms with Crippen molar-refractivity contribution in [2.45, 2.75) is 12.8 Å². The molecule has 1 aliphatic rings. The summed E-state index contributed by atoms with van der Waals surface area (Å²) >= 11 is 0. The van der Waals surface area contributed by atoms with Crippen LogP contribution in [0.3, 0.4) is 0 Å². The van der Waals surface area contributed by atoms with Crippen molar-refractivity contribution in [2.75, 3.05) is 13.2 Å². The molecule has 116 valence electrons. The van der Waals surface area contributed by atoms with E-state index in [2.05, 4.69) is 10.1 Å². The van der Waals surface area contributed by atoms with Crippen molar-refractivity contribution in [3.63, 3.8) is 0 Å². The third-order valence-corrected chi connectivity index (χ3v) is 3.12. The Labute approximate surface area is 125 Å². The van der Waals surface area contributed by atoms with Gasteiger partial charge in [-0.2, -0.15) is 5.06 Å². The molecule has 1 heterocycles. The van der Waals surface area contributed by atoms with Gasteiger partial charge in [0, 0.05) is 5.56 Å². The second kappa shape index (κ2) is 6.35. The zero-order valence-electron chi connectivity index (χ0n) is 11.7. The molecule has 0 radical (unpaired) electrons. The Morgan fingerprint density at radius 3 is 2.68 bits per heavy atom. The fraction of sp³-hybridized carbons (Fsp3) is 0.286. The predicted octanol–water partition coefficient (Wildman–Crippen LogP) is -0.179. The third-order valence-electron chi connectivity index (χ3n) is 3.12. The van der Waals surface area contributed by atoms with Crippen molar-refractivity contribution in [1.29, 1.82) is 0 Å². The molecule has 2 N–H and O–H groups in total. The van der Waals surface area contributed by atoms with Crippen LogP contribution in [-0.4, -0.2) is 47.1 Å². The number of carbonyl (C=O) groups is 4. The van der Waals surface area contributed by atoms with Crippen molar-refractivity contribution < 1.29 is 29.1 Å². The summed E-state index contributed by atoms with van der Waals surface area (Å²) in [6.07, 6.45) is 0. The summed E-state index contributed by atoms with van der Waals surface area (Å²) in [5, 5.41) is 11.7. The zero-order valence-corrected chi connectivity index (χ0v) is 11.7. The van der Waals surface area contributed by atoms with Gasteiger partial charge in [0.1, 0.15) is 12.5 Å². The molecular weight excluding hydrogens is 292 g/mol. The van der Waals surface area contributed by atoms with Gasteiger partial charge in [-0.05, 0) is 18.6 Å². The normalized spacial score (nSPS) is 17.0. The number of ether oxygens (including phenoxy) is 1. The minimum atomic E-state index is -1.40. The van der Waals surface area contributed by atoms with Crippen LogP contribution in [-0.2, 0) is 19.1 Å². The minimum absolute atomic E-state index is 0.0564. The lowest BCUT2D eigenvalue weighted by Gasteiger charge is -2.27. The van der Waals surface area contributed by atoms with Crippen LogP contribution in [0.5, 0.6) is 0 Å². The largest absolute Gasteiger partial charge is 0.465 e. The monoisotopic (exact) mass is 306 g/mol. The van der Waals surface area contributed by atoms with Crippen molar-refractivity contribution in [3.05, 3.63) is 35.4 Å². The highest BCUT2D eigenvalue weighted by Crippen LogP contribution is 2.28. The van der Waals surface area contributed by atoms with Gasteiger partial charge in [-0.1, -0.05) is 18.2 Å². The van der Waals surface area contributed by atoms with E-state index in [4.69, 9.17) is 0 Å². The van der Waals surface area contributed by atoms with E-state index in [-0.39, 0.29) is 22.8 Å². The highest BCUT2D eigenvalue weighted by Gasteiger charge is 2.42. The maximum atomic E-state index is 12.1. The van der Waals surface area contributed by atoms with Crippen molar-refractivity contribution in [3.8, 4) is 0 Å². The Kier molecular flexibility index (Phi) is 4.52. The molecule has 22 heavy (non-hydrogen) atoms. The predicted molar refractivity (Wildman–Crippen MR) is 71.8 cm³/mol. The summed E-state index contributed by atoms with van der Waals surface area (Å²) in [5.41, 5.74) is 0.241. The van der Waals surface area contributed by atoms with E-state index in [0.29, 0.717) is 0 Å². The SMILES string of the molecule is CCOC(=O)CNC(=O)C1C(=O)N(O)C(=O)c2ccccc21. The topological polar surface area (TPSA) is 113 Å². The van der Waals surface area contributed by atoms with Crippen LogP contribution < -0.4 is 5.32 Å². The number of hydrogen-bond donors (Lipinski definition) is 2. The smallest absolute Gasteiger partial charge is 0.325 e. The van der Waals surface area contributed by atoms with E-state index >= 15 is 0 Å². The summed E-state index contributed by atoms with van der Waals surface area (Å²) in [4.78, 5) is 47.2. The maximum Gasteiger partial charge on any atom is 0.325 e. The van der Waals surface area contributed by atoms with Crippen molar-refractivity contribution in [2.24, 2.45) is 0 Å². The molecule has 0 bridgehead atoms. The molecule has 0 saturated carbocycles. The van der Waals surface area contributed by atoms with Gasteiger partial charge in [0.05, 0.1) is 6.61 Å². The molecule has 1 aliphatic heterocycles. The first kappa shape index (κ1) is 15.6. The van der Waals surface area contributed by atoms with Crippen LogP contribution in [0.1, 0.15) is 28.8 Å². The van der Waals surface area contributed by atoms with E-state index in [1.807, 2.05) is 0 Å². The Morgan fingerprint density at radius 1 is 1.32 bits per heavy atom. The minimum Gasteiger partial charge on any atom is -0.465 e. The third kappa shape index (κ3) is 2.82. The highest BCUT2D eigenvalue weighted by atomic mass is 16.5. The van der Waals surface area contributed by atoms with Crippen LogP contribution in [0, 0.1) is 0 Å². The van der Waals surface area contributed by atoms with Gasteiger partial charge in [0.25, 0.3) is 11.8 Å². The fourth-order valence-electron chi connectivity index (χ4n) is 2.14. The first-order valence-electron chi connectivity index (χ1n) is 6.56. The van der Waals surface area contributed by atoms with E-state index in [9.17, 15) is 24.4 Å². The molecular formula is C14H14N2O6. The average molecular weight is 306 g/mol. The molecule has 8 nitrogen and oxygen atoms in total. The van der Waals surface area contributed by atoms with E-state index in [1.165, 1.54) is 12.1 Å². The molecule has 0 spiro atoms. The first-order chi connectivity index (χ1) is 10.5. The second-order valence-electron chi connectivity index (χ2n) is 4.50. The van der Waals surface area contributed by atoms with Gasteiger partial charge in [-0.3, -0.25) is 24.4 Å². The summed E-state index contributed by atoms with van der Waals surface area (Å²) < 4.78 is 4.66. The lowest BCUT2D eigenvalue weighted by Crippen LogP contribution is -2.48. The standard InChI is InChI=1S/C14H14N2O6/c1-2-22-10(17)7-15-12(18)11-8-5-3-4-6-9(8)13(19)16(21)14(11)20/h3-6,11,21H,2,7H2,1H3,(H,15,18). The van der Waals surface area contributed by atoms with Crippen LogP contribution in [0.4, 0.5) is 0 Å². The van der Waals surface area contributed by atoms with Gasteiger partial charge < -0.3 is 10.1 Å². The number of amides is 3. The number of hydroxylamine groups is 2. The molecule has 0 fully saturated rings. The van der Waals surface area contributed by atoms with Gasteiger partial charge in [0.2, 0.25) is 5.91 Å². The van der Waals surface area contributed by atoms with Crippen LogP contribution in [0.25, 0.3) is 0 Å². The maximum absolute atomic E-state index is 12.1. The average Bonchev–Trinajstić information content (AvgIpc) is 2.51. The summed E-state index contributed by atoms with van der Waals surface area (Å²) in [5.74, 6) is -4.80. The van der Waals surface area contributed by atoms with Crippen LogP contribution in [0.2, 0.25) is 0 Å². The molecule has 1 unspecified atom stereocenters. The van der Waals surface area contributed by atoms with Gasteiger partial charge in [-0.25, -0.2) is 0 Å². The number of nitrogens with one attached hydrogen (secondary N) is 1. The highest BCUT2D eigenvalue weighted by molar-refractivity contribution is 6.18. The molecule has 0 aliphatic carbocycles. The summed E-state index contributed by atoms with van der Waals surface area (Å²) in [6.45, 7) is 1.38. The van der Waals surface area contributed by atoms with Crippen molar-refractivity contribution >= 4 is 23.7 Å². The molecule has 1 aromatic carbocycles. The Balaban J connectivity index is 2.24. The summed E-state index contributed by atoms with van der Waals surface area (Å²) in [7, 11) is 0. The van der Waals surface area contributed by atoms with Crippen LogP contribution in [0.15, 0.2) is 24.3 Å². The van der Waals surface area contributed by atoms with Crippen molar-refractivity contribution in [1.82, 2.24) is 10.4 Å². The zero-order chi connectivity index (χ0) is 16.3. The van der Waals surface area contributed by atoms with E-state index in [1.54, 1.807) is 19.1 Å². The number of hydrogen-bond acceptors (Lipinski definition) is 6. The van der Waals surface area contributed by atoms with Gasteiger partial charge >= 0.3 is 5.97 Å². The summed E-state index contributed by atoms with van der Waals surface area (Å²) in [6, 6.07) is 5.97. The molecule has 3 amide bonds. The molecule has 0 aromatic heterocycles. The number of rotatable bonds is 4. The number of imide groups is 1. The second-order valence-corrected chi connectivity index (χ2v) is 4.50. The quantitative estimate of drug-likeness (QED) is 0.345. The number of nitrogens with zero attached hydrogens (tertiary/aromatic N) is 1. The lowest BCUT2D eigenvalue weighted by atomic mass is 9.89. The first-order valence-corrected chi connectivity index (χ1v) is 6.56. The fourth-order valence-corrected chi connectivity index (χ4v) is 2.14. The lowest BCUT2D eigenvalue weighted by molar-refractivity contribution is -0.159. The molecule has 1 aromatic rings. The number of carbonyl (C=O) groups excluding carboxylic acids is 4. The Morgan fingerprint density at radius 2 is 2.00 bits per heavy atom. The molecule has 8 heteroatoms. The molecule has 0 saturated heterocycles. The van der Waals surface area contributed by atoms with Crippen LogP contribution >= 0.6 is 0 Å². The number of benzene rings is 1. The number of esters is 1. The Bertz CT molecular complexity index is 642. The van der Waals surface area contributed by atoms with Gasteiger partial charge in [0.15, 0.2) is 0 Å². The molecule has 1 atom stereocenters. The number of fused-ring (bicyclic) bond motifs is 1. The van der Waals surface area contributed by atoms with E-state index < -0.39 is 36.2 Å². The Hall–Kier alpha value is -2.74. The molecule has 2 rings (SSSR count). The van der Waals surface area contributed by atoms with Gasteiger partial charge in [-0.15, -0.1) is 0 Å². The van der Waals surface area contributed by atoms with E-state index in [0.717, 1.165) is 0 Å².